The van der Waals surface area contributed by atoms with Crippen LogP contribution in [0.4, 0.5) is 5.69 Å². The van der Waals surface area contributed by atoms with Gasteiger partial charge >= 0.3 is 0 Å². The van der Waals surface area contributed by atoms with Gasteiger partial charge in [0.1, 0.15) is 5.75 Å². The van der Waals surface area contributed by atoms with Gasteiger partial charge in [-0.15, -0.1) is 0 Å². The molecule has 0 bridgehead atoms. The Hall–Kier alpha value is -2.24. The van der Waals surface area contributed by atoms with Crippen LogP contribution in [-0.2, 0) is 4.79 Å². The lowest BCUT2D eigenvalue weighted by Gasteiger charge is -2.12. The van der Waals surface area contributed by atoms with Crippen molar-refractivity contribution in [1.82, 2.24) is 10.6 Å². The number of rotatable bonds is 7. The van der Waals surface area contributed by atoms with E-state index in [1.807, 2.05) is 20.8 Å². The standard InChI is InChI=1S/C15H23N3O3/c1-4-7-17-14(19)9-21-13-6-5-11(8-12(13)16)15(20)18-10(2)3/h5-6,8,10H,4,7,9,16H2,1-3H3,(H,17,19)(H,18,20). The number of hydrogen-bond acceptors (Lipinski definition) is 4. The fourth-order valence-corrected chi connectivity index (χ4v) is 1.63. The number of anilines is 1. The van der Waals surface area contributed by atoms with E-state index in [1.54, 1.807) is 12.1 Å². The summed E-state index contributed by atoms with van der Waals surface area (Å²) in [4.78, 5) is 23.3. The molecule has 0 aliphatic rings. The van der Waals surface area contributed by atoms with Crippen LogP contribution in [0.3, 0.4) is 0 Å². The molecule has 0 fully saturated rings. The van der Waals surface area contributed by atoms with Crippen molar-refractivity contribution in [1.29, 1.82) is 0 Å². The topological polar surface area (TPSA) is 93.4 Å². The summed E-state index contributed by atoms with van der Waals surface area (Å²) in [6, 6.07) is 4.80. The molecule has 0 aromatic heterocycles. The van der Waals surface area contributed by atoms with Crippen molar-refractivity contribution in [3.63, 3.8) is 0 Å². The summed E-state index contributed by atoms with van der Waals surface area (Å²) in [7, 11) is 0. The number of nitrogen functional groups attached to an aromatic ring is 1. The molecule has 0 aliphatic heterocycles. The number of benzene rings is 1. The zero-order chi connectivity index (χ0) is 15.8. The van der Waals surface area contributed by atoms with Gasteiger partial charge in [-0.1, -0.05) is 6.92 Å². The second-order valence-electron chi connectivity index (χ2n) is 5.02. The lowest BCUT2D eigenvalue weighted by molar-refractivity contribution is -0.123. The van der Waals surface area contributed by atoms with Gasteiger partial charge in [-0.05, 0) is 38.5 Å². The molecule has 0 spiro atoms. The minimum atomic E-state index is -0.196. The van der Waals surface area contributed by atoms with Gasteiger partial charge in [-0.25, -0.2) is 0 Å². The van der Waals surface area contributed by atoms with E-state index >= 15 is 0 Å². The fourth-order valence-electron chi connectivity index (χ4n) is 1.63. The van der Waals surface area contributed by atoms with Crippen LogP contribution >= 0.6 is 0 Å². The number of nitrogens with one attached hydrogen (secondary N) is 2. The quantitative estimate of drug-likeness (QED) is 0.661. The molecular weight excluding hydrogens is 270 g/mol. The van der Waals surface area contributed by atoms with Crippen molar-refractivity contribution in [3.05, 3.63) is 23.8 Å². The van der Waals surface area contributed by atoms with Gasteiger partial charge in [0.05, 0.1) is 5.69 Å². The van der Waals surface area contributed by atoms with Crippen LogP contribution in [0.1, 0.15) is 37.6 Å². The van der Waals surface area contributed by atoms with Crippen LogP contribution in [0.15, 0.2) is 18.2 Å². The highest BCUT2D eigenvalue weighted by atomic mass is 16.5. The molecule has 1 aromatic rings. The van der Waals surface area contributed by atoms with Crippen LogP contribution in [0.25, 0.3) is 0 Å². The Labute approximate surface area is 125 Å². The van der Waals surface area contributed by atoms with E-state index in [2.05, 4.69) is 10.6 Å². The highest BCUT2D eigenvalue weighted by Gasteiger charge is 2.10. The van der Waals surface area contributed by atoms with Gasteiger partial charge in [0, 0.05) is 18.2 Å². The van der Waals surface area contributed by atoms with Crippen molar-refractivity contribution < 1.29 is 14.3 Å². The minimum absolute atomic E-state index is 0.0527. The third-order valence-corrected chi connectivity index (χ3v) is 2.62. The van der Waals surface area contributed by atoms with Gasteiger partial charge < -0.3 is 21.1 Å². The molecule has 0 unspecified atom stereocenters. The molecular formula is C15H23N3O3. The van der Waals surface area contributed by atoms with Gasteiger partial charge in [0.15, 0.2) is 6.61 Å². The van der Waals surface area contributed by atoms with E-state index in [0.29, 0.717) is 23.5 Å². The molecule has 4 N–H and O–H groups in total. The summed E-state index contributed by atoms with van der Waals surface area (Å²) in [6.45, 7) is 6.26. The maximum absolute atomic E-state index is 11.8. The first-order valence-corrected chi connectivity index (χ1v) is 7.04. The Kier molecular flexibility index (Phi) is 6.52. The third-order valence-electron chi connectivity index (χ3n) is 2.62. The lowest BCUT2D eigenvalue weighted by Crippen LogP contribution is -2.30. The molecule has 0 aliphatic carbocycles. The van der Waals surface area contributed by atoms with Crippen molar-refractivity contribution >= 4 is 17.5 Å². The SMILES string of the molecule is CCCNC(=O)COc1ccc(C(=O)NC(C)C)cc1N. The van der Waals surface area contributed by atoms with Gasteiger partial charge in [0.2, 0.25) is 0 Å². The molecule has 0 saturated carbocycles. The summed E-state index contributed by atoms with van der Waals surface area (Å²) >= 11 is 0. The van der Waals surface area contributed by atoms with Crippen molar-refractivity contribution in [2.75, 3.05) is 18.9 Å². The molecule has 0 atom stereocenters. The van der Waals surface area contributed by atoms with E-state index in [0.717, 1.165) is 6.42 Å². The van der Waals surface area contributed by atoms with Crippen LogP contribution in [0.5, 0.6) is 5.75 Å². The largest absolute Gasteiger partial charge is 0.482 e. The molecule has 1 aromatic carbocycles. The summed E-state index contributed by atoms with van der Waals surface area (Å²) < 4.78 is 5.34. The van der Waals surface area contributed by atoms with Gasteiger partial charge in [-0.2, -0.15) is 0 Å². The number of amides is 2. The molecule has 0 radical (unpaired) electrons. The summed E-state index contributed by atoms with van der Waals surface area (Å²) in [5, 5.41) is 5.48. The van der Waals surface area contributed by atoms with Gasteiger partial charge in [-0.3, -0.25) is 9.59 Å². The van der Waals surface area contributed by atoms with Crippen molar-refractivity contribution in [2.45, 2.75) is 33.2 Å². The van der Waals surface area contributed by atoms with E-state index in [4.69, 9.17) is 10.5 Å². The highest BCUT2D eigenvalue weighted by Crippen LogP contribution is 2.22. The molecule has 21 heavy (non-hydrogen) atoms. The van der Waals surface area contributed by atoms with E-state index in [-0.39, 0.29) is 24.5 Å². The Morgan fingerprint density at radius 2 is 2.05 bits per heavy atom. The first-order valence-electron chi connectivity index (χ1n) is 7.04. The zero-order valence-corrected chi connectivity index (χ0v) is 12.7. The molecule has 2 amide bonds. The monoisotopic (exact) mass is 293 g/mol. The Balaban J connectivity index is 2.62. The second-order valence-corrected chi connectivity index (χ2v) is 5.02. The van der Waals surface area contributed by atoms with E-state index in [9.17, 15) is 9.59 Å². The Bertz CT molecular complexity index is 501. The maximum atomic E-state index is 11.8. The number of ether oxygens (including phenoxy) is 1. The average molecular weight is 293 g/mol. The molecule has 0 heterocycles. The highest BCUT2D eigenvalue weighted by molar-refractivity contribution is 5.95. The van der Waals surface area contributed by atoms with Crippen LogP contribution in [0, 0.1) is 0 Å². The summed E-state index contributed by atoms with van der Waals surface area (Å²) in [6.07, 6.45) is 0.869. The molecule has 6 nitrogen and oxygen atoms in total. The molecule has 6 heteroatoms. The van der Waals surface area contributed by atoms with Gasteiger partial charge in [0.25, 0.3) is 11.8 Å². The summed E-state index contributed by atoms with van der Waals surface area (Å²) in [5.41, 5.74) is 6.63. The normalized spacial score (nSPS) is 10.3. The predicted molar refractivity (Wildman–Crippen MR) is 82.3 cm³/mol. The Morgan fingerprint density at radius 3 is 2.62 bits per heavy atom. The maximum Gasteiger partial charge on any atom is 0.257 e. The molecule has 116 valence electrons. The van der Waals surface area contributed by atoms with Crippen LogP contribution in [-0.4, -0.2) is 31.0 Å². The van der Waals surface area contributed by atoms with Crippen LogP contribution < -0.4 is 21.1 Å². The van der Waals surface area contributed by atoms with Crippen LogP contribution in [0.2, 0.25) is 0 Å². The number of carbonyl (C=O) groups is 2. The Morgan fingerprint density at radius 1 is 1.33 bits per heavy atom. The second kappa shape index (κ2) is 8.14. The molecule has 1 rings (SSSR count). The average Bonchev–Trinajstić information content (AvgIpc) is 2.42. The third kappa shape index (κ3) is 5.72. The zero-order valence-electron chi connectivity index (χ0n) is 12.7. The lowest BCUT2D eigenvalue weighted by atomic mass is 10.1. The van der Waals surface area contributed by atoms with E-state index in [1.165, 1.54) is 6.07 Å². The first-order chi connectivity index (χ1) is 9.93. The number of nitrogens with two attached hydrogens (primary N) is 1. The smallest absolute Gasteiger partial charge is 0.257 e. The van der Waals surface area contributed by atoms with E-state index < -0.39 is 0 Å². The summed E-state index contributed by atoms with van der Waals surface area (Å²) in [5.74, 6) is 0.00422. The predicted octanol–water partition coefficient (Wildman–Crippen LogP) is 1.31. The van der Waals surface area contributed by atoms with Crippen molar-refractivity contribution in [3.8, 4) is 5.75 Å². The minimum Gasteiger partial charge on any atom is -0.482 e. The van der Waals surface area contributed by atoms with Crippen molar-refractivity contribution in [2.24, 2.45) is 0 Å². The fraction of sp³-hybridized carbons (Fsp3) is 0.467. The number of hydrogen-bond donors (Lipinski definition) is 3. The first kappa shape index (κ1) is 16.8. The number of carbonyl (C=O) groups excluding carboxylic acids is 2. The molecule has 0 saturated heterocycles.